The van der Waals surface area contributed by atoms with Crippen molar-refractivity contribution in [2.45, 2.75) is 18.0 Å². The topological polar surface area (TPSA) is 96.8 Å². The van der Waals surface area contributed by atoms with Crippen LogP contribution in [0.25, 0.3) is 0 Å². The van der Waals surface area contributed by atoms with Gasteiger partial charge in [-0.15, -0.1) is 0 Å². The van der Waals surface area contributed by atoms with Gasteiger partial charge in [0.05, 0.1) is 17.6 Å². The fraction of sp³-hybridized carbons (Fsp3) is 0.143. The number of sulfonamides is 1. The van der Waals surface area contributed by atoms with Gasteiger partial charge < -0.3 is 9.84 Å². The molecular weight excluding hydrogens is 392 g/mol. The second-order valence-corrected chi connectivity index (χ2v) is 8.25. The third kappa shape index (κ3) is 4.98. The van der Waals surface area contributed by atoms with Crippen LogP contribution in [0, 0.1) is 0 Å². The molecule has 7 nitrogen and oxygen atoms in total. The van der Waals surface area contributed by atoms with Crippen LogP contribution in [0.3, 0.4) is 0 Å². The molecule has 3 aromatic rings. The summed E-state index contributed by atoms with van der Waals surface area (Å²) in [6.45, 7) is 0.214. The van der Waals surface area contributed by atoms with Gasteiger partial charge in [0.2, 0.25) is 10.0 Å². The number of aromatic carboxylic acids is 1. The first-order chi connectivity index (χ1) is 13.9. The van der Waals surface area contributed by atoms with Gasteiger partial charge in [0.25, 0.3) is 0 Å². The highest BCUT2D eigenvalue weighted by molar-refractivity contribution is 7.89. The number of methoxy groups -OCH3 is 1. The monoisotopic (exact) mass is 412 g/mol. The minimum atomic E-state index is -3.82. The Morgan fingerprint density at radius 1 is 1.00 bits per heavy atom. The normalized spacial score (nSPS) is 11.4. The molecule has 3 rings (SSSR count). The molecule has 0 radical (unpaired) electrons. The van der Waals surface area contributed by atoms with Crippen molar-refractivity contribution in [2.75, 3.05) is 7.11 Å². The number of hydrogen-bond donors (Lipinski definition) is 1. The molecule has 1 aromatic heterocycles. The molecule has 0 aliphatic heterocycles. The Morgan fingerprint density at radius 3 is 2.21 bits per heavy atom. The molecule has 1 N–H and O–H groups in total. The van der Waals surface area contributed by atoms with E-state index in [2.05, 4.69) is 4.98 Å². The highest BCUT2D eigenvalue weighted by Gasteiger charge is 2.25. The highest BCUT2D eigenvalue weighted by atomic mass is 32.2. The van der Waals surface area contributed by atoms with Gasteiger partial charge in [0, 0.05) is 25.5 Å². The maximum atomic E-state index is 13.3. The molecule has 0 bridgehead atoms. The number of aromatic nitrogens is 1. The summed E-state index contributed by atoms with van der Waals surface area (Å²) in [4.78, 5) is 15.2. The van der Waals surface area contributed by atoms with Gasteiger partial charge in [-0.25, -0.2) is 13.2 Å². The van der Waals surface area contributed by atoms with Crippen LogP contribution in [0.15, 0.2) is 78.0 Å². The second-order valence-electron chi connectivity index (χ2n) is 6.31. The van der Waals surface area contributed by atoms with E-state index in [4.69, 9.17) is 9.84 Å². The first kappa shape index (κ1) is 20.5. The summed E-state index contributed by atoms with van der Waals surface area (Å²) < 4.78 is 33.0. The number of carbonyl (C=O) groups is 1. The van der Waals surface area contributed by atoms with Crippen molar-refractivity contribution in [3.8, 4) is 5.75 Å². The predicted molar refractivity (Wildman–Crippen MR) is 107 cm³/mol. The van der Waals surface area contributed by atoms with Crippen LogP contribution in [-0.4, -0.2) is 35.9 Å². The Hall–Kier alpha value is -3.23. The fourth-order valence-electron chi connectivity index (χ4n) is 2.77. The van der Waals surface area contributed by atoms with Gasteiger partial charge in [-0.2, -0.15) is 4.31 Å². The molecule has 0 aliphatic carbocycles. The number of hydrogen-bond acceptors (Lipinski definition) is 5. The van der Waals surface area contributed by atoms with E-state index in [-0.39, 0.29) is 23.5 Å². The molecule has 150 valence electrons. The molecular formula is C21H20N2O5S. The average Bonchev–Trinajstić information content (AvgIpc) is 2.74. The maximum Gasteiger partial charge on any atom is 0.335 e. The van der Waals surface area contributed by atoms with Crippen LogP contribution in [0.1, 0.15) is 21.5 Å². The molecule has 2 aromatic carbocycles. The van der Waals surface area contributed by atoms with Gasteiger partial charge in [-0.3, -0.25) is 4.98 Å². The Balaban J connectivity index is 1.93. The Labute approximate surface area is 169 Å². The van der Waals surface area contributed by atoms with E-state index < -0.39 is 16.0 Å². The molecule has 0 atom stereocenters. The van der Waals surface area contributed by atoms with E-state index in [1.807, 2.05) is 0 Å². The zero-order valence-electron chi connectivity index (χ0n) is 15.7. The summed E-state index contributed by atoms with van der Waals surface area (Å²) in [7, 11) is -2.30. The number of pyridine rings is 1. The summed E-state index contributed by atoms with van der Waals surface area (Å²) in [6.07, 6.45) is 3.24. The van der Waals surface area contributed by atoms with Crippen LogP contribution in [0.5, 0.6) is 5.75 Å². The van der Waals surface area contributed by atoms with Crippen molar-refractivity contribution >= 4 is 16.0 Å². The Kier molecular flexibility index (Phi) is 6.26. The summed E-state index contributed by atoms with van der Waals surface area (Å²) in [5.41, 5.74) is 1.56. The van der Waals surface area contributed by atoms with Crippen molar-refractivity contribution in [3.05, 3.63) is 89.7 Å². The lowest BCUT2D eigenvalue weighted by Gasteiger charge is -2.22. The number of carboxylic acid groups (broad SMARTS) is 1. The smallest absolute Gasteiger partial charge is 0.335 e. The average molecular weight is 412 g/mol. The number of ether oxygens (including phenoxy) is 1. The molecule has 0 aliphatic rings. The van der Waals surface area contributed by atoms with Gasteiger partial charge in [-0.05, 0) is 53.6 Å². The molecule has 0 fully saturated rings. The zero-order chi connectivity index (χ0) is 20.9. The van der Waals surface area contributed by atoms with Gasteiger partial charge in [0.15, 0.2) is 0 Å². The highest BCUT2D eigenvalue weighted by Crippen LogP contribution is 2.23. The third-order valence-corrected chi connectivity index (χ3v) is 6.14. The van der Waals surface area contributed by atoms with E-state index >= 15 is 0 Å². The molecule has 29 heavy (non-hydrogen) atoms. The van der Waals surface area contributed by atoms with Crippen molar-refractivity contribution in [3.63, 3.8) is 0 Å². The Bertz CT molecular complexity index is 1070. The quantitative estimate of drug-likeness (QED) is 0.610. The van der Waals surface area contributed by atoms with E-state index in [1.54, 1.807) is 48.8 Å². The molecule has 0 amide bonds. The summed E-state index contributed by atoms with van der Waals surface area (Å²) in [5.74, 6) is -0.471. The van der Waals surface area contributed by atoms with Gasteiger partial charge >= 0.3 is 5.97 Å². The maximum absolute atomic E-state index is 13.3. The third-order valence-electron chi connectivity index (χ3n) is 4.34. The number of nitrogens with zero attached hydrogens (tertiary/aromatic N) is 2. The van der Waals surface area contributed by atoms with E-state index in [9.17, 15) is 13.2 Å². The lowest BCUT2D eigenvalue weighted by atomic mass is 10.1. The SMILES string of the molecule is COc1ccc(S(=O)(=O)N(Cc2ccc(C(=O)O)cc2)Cc2cccnc2)cc1. The first-order valence-corrected chi connectivity index (χ1v) is 10.2. The van der Waals surface area contributed by atoms with E-state index in [0.29, 0.717) is 11.3 Å². The van der Waals surface area contributed by atoms with Crippen molar-refractivity contribution in [1.82, 2.24) is 9.29 Å². The van der Waals surface area contributed by atoms with Gasteiger partial charge in [0.1, 0.15) is 5.75 Å². The lowest BCUT2D eigenvalue weighted by Crippen LogP contribution is -2.30. The van der Waals surface area contributed by atoms with Crippen LogP contribution in [0.4, 0.5) is 0 Å². The van der Waals surface area contributed by atoms with E-state index in [1.165, 1.54) is 35.7 Å². The molecule has 1 heterocycles. The molecule has 0 saturated heterocycles. The summed E-state index contributed by atoms with van der Waals surface area (Å²) in [6, 6.07) is 15.9. The standard InChI is InChI=1S/C21H20N2O5S/c1-28-19-8-10-20(11-9-19)29(26,27)23(15-17-3-2-12-22-13-17)14-16-4-6-18(7-5-16)21(24)25/h2-13H,14-15H2,1H3,(H,24,25). The number of benzene rings is 2. The van der Waals surface area contributed by atoms with Crippen LogP contribution >= 0.6 is 0 Å². The molecule has 0 spiro atoms. The zero-order valence-corrected chi connectivity index (χ0v) is 16.5. The lowest BCUT2D eigenvalue weighted by molar-refractivity contribution is 0.0697. The van der Waals surface area contributed by atoms with Crippen LogP contribution in [-0.2, 0) is 23.1 Å². The minimum Gasteiger partial charge on any atom is -0.497 e. The second kappa shape index (κ2) is 8.85. The van der Waals surface area contributed by atoms with Crippen molar-refractivity contribution in [1.29, 1.82) is 0 Å². The molecule has 0 unspecified atom stereocenters. The van der Waals surface area contributed by atoms with Crippen LogP contribution < -0.4 is 4.74 Å². The summed E-state index contributed by atoms with van der Waals surface area (Å²) >= 11 is 0. The molecule has 0 saturated carbocycles. The largest absolute Gasteiger partial charge is 0.497 e. The first-order valence-electron chi connectivity index (χ1n) is 8.75. The molecule has 8 heteroatoms. The Morgan fingerprint density at radius 2 is 1.66 bits per heavy atom. The number of rotatable bonds is 8. The minimum absolute atomic E-state index is 0.0865. The van der Waals surface area contributed by atoms with Crippen molar-refractivity contribution < 1.29 is 23.1 Å². The van der Waals surface area contributed by atoms with E-state index in [0.717, 1.165) is 5.56 Å². The van der Waals surface area contributed by atoms with Crippen LogP contribution in [0.2, 0.25) is 0 Å². The fourth-order valence-corrected chi connectivity index (χ4v) is 4.19. The van der Waals surface area contributed by atoms with Gasteiger partial charge in [-0.1, -0.05) is 18.2 Å². The van der Waals surface area contributed by atoms with Crippen molar-refractivity contribution in [2.24, 2.45) is 0 Å². The number of carboxylic acids is 1. The summed E-state index contributed by atoms with van der Waals surface area (Å²) in [5, 5.41) is 9.05. The predicted octanol–water partition coefficient (Wildman–Crippen LogP) is 3.18.